The Balaban J connectivity index is 1.61. The largest absolute Gasteiger partial charge is 0.393 e. The fourth-order valence-electron chi connectivity index (χ4n) is 3.42. The fraction of sp³-hybridized carbons (Fsp3) is 0.333. The molecule has 0 bridgehead atoms. The number of nitrogens with one attached hydrogen (secondary N) is 1. The van der Waals surface area contributed by atoms with Crippen LogP contribution in [0.1, 0.15) is 40.1 Å². The van der Waals surface area contributed by atoms with Gasteiger partial charge in [0.1, 0.15) is 5.69 Å². The molecule has 2 amide bonds. The van der Waals surface area contributed by atoms with E-state index in [2.05, 4.69) is 5.32 Å². The van der Waals surface area contributed by atoms with E-state index in [-0.39, 0.29) is 41.6 Å². The van der Waals surface area contributed by atoms with Crippen LogP contribution in [0.3, 0.4) is 0 Å². The molecule has 2 unspecified atom stereocenters. The minimum atomic E-state index is -0.627. The van der Waals surface area contributed by atoms with Crippen LogP contribution in [0.4, 0.5) is 11.4 Å². The number of anilines is 1. The topological polar surface area (TPSA) is 128 Å². The maximum Gasteiger partial charge on any atom is 0.292 e. The van der Waals surface area contributed by atoms with Gasteiger partial charge in [-0.15, -0.1) is 0 Å². The molecule has 1 heterocycles. The van der Waals surface area contributed by atoms with Crippen molar-refractivity contribution in [2.75, 3.05) is 18.8 Å². The summed E-state index contributed by atoms with van der Waals surface area (Å²) < 4.78 is 5.66. The lowest BCUT2D eigenvalue weighted by atomic mass is 10.1. The zero-order valence-corrected chi connectivity index (χ0v) is 16.8. The molecule has 1 saturated heterocycles. The summed E-state index contributed by atoms with van der Waals surface area (Å²) in [5, 5.41) is 13.7. The second-order valence-electron chi connectivity index (χ2n) is 7.38. The van der Waals surface area contributed by atoms with E-state index < -0.39 is 10.8 Å². The van der Waals surface area contributed by atoms with Crippen LogP contribution < -0.4 is 11.1 Å². The predicted molar refractivity (Wildman–Crippen MR) is 111 cm³/mol. The number of benzene rings is 2. The van der Waals surface area contributed by atoms with Crippen LogP contribution >= 0.6 is 0 Å². The van der Waals surface area contributed by atoms with Crippen molar-refractivity contribution in [3.05, 3.63) is 69.3 Å². The third-order valence-electron chi connectivity index (χ3n) is 4.85. The Bertz CT molecular complexity index is 950. The van der Waals surface area contributed by atoms with E-state index in [1.165, 1.54) is 12.1 Å². The van der Waals surface area contributed by atoms with E-state index in [1.807, 2.05) is 13.8 Å². The van der Waals surface area contributed by atoms with Crippen LogP contribution in [0.2, 0.25) is 0 Å². The number of nitrogen functional groups attached to an aromatic ring is 1. The molecular weight excluding hydrogens is 388 g/mol. The highest BCUT2D eigenvalue weighted by Gasteiger charge is 2.26. The van der Waals surface area contributed by atoms with Gasteiger partial charge in [-0.05, 0) is 43.7 Å². The summed E-state index contributed by atoms with van der Waals surface area (Å²) >= 11 is 0. The number of nitro benzene ring substituents is 1. The van der Waals surface area contributed by atoms with Crippen LogP contribution in [0, 0.1) is 10.1 Å². The molecule has 158 valence electrons. The standard InChI is InChI=1S/C21H24N4O5/c1-13-11-24(12-14(2)30-13)21(27)16-5-3-15(4-6-16)10-23-20(26)17-7-8-18(22)19(9-17)25(28)29/h3-9,13-14H,10-12,22H2,1-2H3,(H,23,26). The van der Waals surface area contributed by atoms with Gasteiger partial charge < -0.3 is 20.7 Å². The Hall–Kier alpha value is -3.46. The molecule has 0 spiro atoms. The molecule has 3 N–H and O–H groups in total. The van der Waals surface area contributed by atoms with Gasteiger partial charge in [-0.25, -0.2) is 0 Å². The summed E-state index contributed by atoms with van der Waals surface area (Å²) in [4.78, 5) is 37.1. The molecule has 2 aromatic rings. The highest BCUT2D eigenvalue weighted by Crippen LogP contribution is 2.22. The van der Waals surface area contributed by atoms with E-state index >= 15 is 0 Å². The van der Waals surface area contributed by atoms with Crippen LogP contribution in [0.15, 0.2) is 42.5 Å². The highest BCUT2D eigenvalue weighted by atomic mass is 16.6. The number of carbonyl (C=O) groups is 2. The summed E-state index contributed by atoms with van der Waals surface area (Å²) in [6, 6.07) is 10.9. The summed E-state index contributed by atoms with van der Waals surface area (Å²) in [6.07, 6.45) is -0.00677. The Labute approximate surface area is 174 Å². The molecule has 0 aliphatic carbocycles. The van der Waals surface area contributed by atoms with E-state index in [1.54, 1.807) is 29.2 Å². The van der Waals surface area contributed by atoms with Gasteiger partial charge in [-0.1, -0.05) is 12.1 Å². The maximum absolute atomic E-state index is 12.7. The van der Waals surface area contributed by atoms with Gasteiger partial charge in [0.2, 0.25) is 0 Å². The van der Waals surface area contributed by atoms with Gasteiger partial charge in [0.25, 0.3) is 17.5 Å². The molecule has 1 fully saturated rings. The normalized spacial score (nSPS) is 18.7. The first-order valence-corrected chi connectivity index (χ1v) is 9.60. The second-order valence-corrected chi connectivity index (χ2v) is 7.38. The van der Waals surface area contributed by atoms with Crippen molar-refractivity contribution in [1.82, 2.24) is 10.2 Å². The molecule has 1 aliphatic heterocycles. The van der Waals surface area contributed by atoms with E-state index in [4.69, 9.17) is 10.5 Å². The van der Waals surface area contributed by atoms with Crippen molar-refractivity contribution in [1.29, 1.82) is 0 Å². The van der Waals surface area contributed by atoms with Crippen LogP contribution in [0.5, 0.6) is 0 Å². The smallest absolute Gasteiger partial charge is 0.292 e. The van der Waals surface area contributed by atoms with Gasteiger partial charge in [-0.3, -0.25) is 19.7 Å². The van der Waals surface area contributed by atoms with Gasteiger partial charge in [-0.2, -0.15) is 0 Å². The fourth-order valence-corrected chi connectivity index (χ4v) is 3.42. The second kappa shape index (κ2) is 8.91. The molecule has 0 aromatic heterocycles. The van der Waals surface area contributed by atoms with Crippen molar-refractivity contribution in [2.24, 2.45) is 0 Å². The maximum atomic E-state index is 12.7. The molecule has 2 aromatic carbocycles. The van der Waals surface area contributed by atoms with Crippen molar-refractivity contribution >= 4 is 23.2 Å². The predicted octanol–water partition coefficient (Wildman–Crippen LogP) is 2.36. The minimum Gasteiger partial charge on any atom is -0.393 e. The number of nitro groups is 1. The monoisotopic (exact) mass is 412 g/mol. The number of nitrogens with two attached hydrogens (primary N) is 1. The molecule has 2 atom stereocenters. The van der Waals surface area contributed by atoms with Gasteiger partial charge in [0.05, 0.1) is 17.1 Å². The zero-order valence-electron chi connectivity index (χ0n) is 16.8. The zero-order chi connectivity index (χ0) is 21.8. The number of hydrogen-bond acceptors (Lipinski definition) is 6. The SMILES string of the molecule is CC1CN(C(=O)c2ccc(CNC(=O)c3ccc(N)c([N+](=O)[O-])c3)cc2)CC(C)O1. The quantitative estimate of drug-likeness (QED) is 0.441. The Morgan fingerprint density at radius 2 is 1.73 bits per heavy atom. The lowest BCUT2D eigenvalue weighted by molar-refractivity contribution is -0.383. The minimum absolute atomic E-state index is 0.000798. The number of hydrogen-bond donors (Lipinski definition) is 2. The lowest BCUT2D eigenvalue weighted by Gasteiger charge is -2.35. The van der Waals surface area contributed by atoms with E-state index in [9.17, 15) is 19.7 Å². The summed E-state index contributed by atoms with van der Waals surface area (Å²) in [6.45, 7) is 5.20. The van der Waals surface area contributed by atoms with Gasteiger partial charge in [0.15, 0.2) is 0 Å². The van der Waals surface area contributed by atoms with Crippen LogP contribution in [-0.4, -0.2) is 46.9 Å². The number of morpholine rings is 1. The first-order chi connectivity index (χ1) is 14.2. The number of ether oxygens (including phenoxy) is 1. The van der Waals surface area contributed by atoms with Crippen LogP contribution in [0.25, 0.3) is 0 Å². The number of carbonyl (C=O) groups excluding carboxylic acids is 2. The molecular formula is C21H24N4O5. The van der Waals surface area contributed by atoms with E-state index in [0.29, 0.717) is 18.7 Å². The number of rotatable bonds is 5. The Morgan fingerprint density at radius 3 is 2.33 bits per heavy atom. The van der Waals surface area contributed by atoms with Crippen molar-refractivity contribution in [3.63, 3.8) is 0 Å². The molecule has 9 heteroatoms. The third kappa shape index (κ3) is 4.93. The Morgan fingerprint density at radius 1 is 1.13 bits per heavy atom. The highest BCUT2D eigenvalue weighted by molar-refractivity contribution is 5.96. The van der Waals surface area contributed by atoms with Gasteiger partial charge >= 0.3 is 0 Å². The average Bonchev–Trinajstić information content (AvgIpc) is 2.71. The summed E-state index contributed by atoms with van der Waals surface area (Å²) in [5.74, 6) is -0.503. The summed E-state index contributed by atoms with van der Waals surface area (Å²) in [5.41, 5.74) is 6.77. The molecule has 0 radical (unpaired) electrons. The molecule has 30 heavy (non-hydrogen) atoms. The van der Waals surface area contributed by atoms with Crippen molar-refractivity contribution in [3.8, 4) is 0 Å². The Kier molecular flexibility index (Phi) is 6.31. The first-order valence-electron chi connectivity index (χ1n) is 9.60. The van der Waals surface area contributed by atoms with Crippen molar-refractivity contribution < 1.29 is 19.2 Å². The number of nitrogens with zero attached hydrogens (tertiary/aromatic N) is 2. The third-order valence-corrected chi connectivity index (χ3v) is 4.85. The number of amides is 2. The van der Waals surface area contributed by atoms with Gasteiger partial charge in [0, 0.05) is 36.8 Å². The summed E-state index contributed by atoms with van der Waals surface area (Å²) in [7, 11) is 0. The first kappa shape index (κ1) is 21.3. The molecule has 0 saturated carbocycles. The molecule has 3 rings (SSSR count). The van der Waals surface area contributed by atoms with Crippen molar-refractivity contribution in [2.45, 2.75) is 32.6 Å². The van der Waals surface area contributed by atoms with E-state index in [0.717, 1.165) is 11.6 Å². The van der Waals surface area contributed by atoms with Crippen LogP contribution in [-0.2, 0) is 11.3 Å². The molecule has 1 aliphatic rings. The lowest BCUT2D eigenvalue weighted by Crippen LogP contribution is -2.48. The average molecular weight is 412 g/mol. The molecule has 9 nitrogen and oxygen atoms in total.